The van der Waals surface area contributed by atoms with E-state index in [9.17, 15) is 19.8 Å². The van der Waals surface area contributed by atoms with E-state index in [4.69, 9.17) is 9.73 Å². The molecule has 0 unspecified atom stereocenters. The van der Waals surface area contributed by atoms with Gasteiger partial charge in [-0.1, -0.05) is 43.7 Å². The van der Waals surface area contributed by atoms with Crippen LogP contribution in [0.25, 0.3) is 5.69 Å². The topological polar surface area (TPSA) is 151 Å². The molecule has 1 aromatic heterocycles. The average molecular weight is 583 g/mol. The molecule has 0 radical (unpaired) electrons. The predicted octanol–water partition coefficient (Wildman–Crippen LogP) is 3.66. The molecule has 2 heterocycles. The number of fused-ring (bicyclic) bond motifs is 3. The Balaban J connectivity index is 1.38. The first-order valence-electron chi connectivity index (χ1n) is 14.1. The van der Waals surface area contributed by atoms with Crippen molar-refractivity contribution in [2.45, 2.75) is 45.7 Å². The highest BCUT2D eigenvalue weighted by Crippen LogP contribution is 2.34. The number of rotatable bonds is 10. The van der Waals surface area contributed by atoms with Gasteiger partial charge < -0.3 is 25.6 Å². The van der Waals surface area contributed by atoms with E-state index in [-0.39, 0.29) is 36.9 Å². The van der Waals surface area contributed by atoms with Gasteiger partial charge in [0.25, 0.3) is 0 Å². The zero-order valence-electron chi connectivity index (χ0n) is 24.3. The van der Waals surface area contributed by atoms with Gasteiger partial charge in [0.15, 0.2) is 17.3 Å². The average Bonchev–Trinajstić information content (AvgIpc) is 3.33. The van der Waals surface area contributed by atoms with Gasteiger partial charge in [0.2, 0.25) is 11.8 Å². The molecule has 5 rings (SSSR count). The summed E-state index contributed by atoms with van der Waals surface area (Å²) in [4.78, 5) is 30.7. The van der Waals surface area contributed by atoms with Gasteiger partial charge in [-0.15, -0.1) is 10.2 Å². The summed E-state index contributed by atoms with van der Waals surface area (Å²) in [6, 6.07) is 17.6. The van der Waals surface area contributed by atoms with E-state index in [2.05, 4.69) is 39.9 Å². The highest BCUT2D eigenvalue weighted by atomic mass is 16.5. The molecule has 4 N–H and O–H groups in total. The van der Waals surface area contributed by atoms with Crippen LogP contribution in [0.5, 0.6) is 17.2 Å². The number of carbonyl (C=O) groups is 2. The number of ether oxygens (including phenoxy) is 1. The maximum atomic E-state index is 13.1. The van der Waals surface area contributed by atoms with Gasteiger partial charge in [-0.2, -0.15) is 0 Å². The van der Waals surface area contributed by atoms with Crippen LogP contribution in [0.2, 0.25) is 0 Å². The van der Waals surface area contributed by atoms with Crippen LogP contribution < -0.4 is 15.4 Å². The van der Waals surface area contributed by atoms with Crippen molar-refractivity contribution in [2.75, 3.05) is 13.7 Å². The highest BCUT2D eigenvalue weighted by Gasteiger charge is 2.30. The summed E-state index contributed by atoms with van der Waals surface area (Å²) < 4.78 is 7.45. The number of phenolic OH excluding ortho intramolecular Hbond substituents is 2. The van der Waals surface area contributed by atoms with Crippen LogP contribution in [0.3, 0.4) is 0 Å². The third-order valence-corrected chi connectivity index (χ3v) is 7.25. The number of hydrogen-bond donors (Lipinski definition) is 4. The van der Waals surface area contributed by atoms with Crippen molar-refractivity contribution in [1.82, 2.24) is 25.4 Å². The van der Waals surface area contributed by atoms with Gasteiger partial charge in [0.1, 0.15) is 17.6 Å². The zero-order valence-corrected chi connectivity index (χ0v) is 24.3. The maximum absolute atomic E-state index is 13.1. The molecular weight excluding hydrogens is 548 g/mol. The van der Waals surface area contributed by atoms with Crippen LogP contribution >= 0.6 is 0 Å². The number of benzene rings is 3. The van der Waals surface area contributed by atoms with Crippen LogP contribution in [0.4, 0.5) is 0 Å². The Kier molecular flexibility index (Phi) is 8.70. The van der Waals surface area contributed by atoms with Gasteiger partial charge in [-0.25, -0.2) is 0 Å². The predicted molar refractivity (Wildman–Crippen MR) is 161 cm³/mol. The first-order valence-corrected chi connectivity index (χ1v) is 14.1. The monoisotopic (exact) mass is 582 g/mol. The second-order valence-corrected chi connectivity index (χ2v) is 10.3. The van der Waals surface area contributed by atoms with Crippen LogP contribution in [0.1, 0.15) is 59.7 Å². The van der Waals surface area contributed by atoms with E-state index in [1.807, 2.05) is 41.8 Å². The van der Waals surface area contributed by atoms with E-state index >= 15 is 0 Å². The lowest BCUT2D eigenvalue weighted by Gasteiger charge is -2.14. The molecule has 1 aliphatic rings. The summed E-state index contributed by atoms with van der Waals surface area (Å²) in [6.07, 6.45) is 1.97. The minimum Gasteiger partial charge on any atom is -0.504 e. The van der Waals surface area contributed by atoms with Crippen LogP contribution in [-0.4, -0.2) is 56.2 Å². The number of aromatic nitrogens is 3. The van der Waals surface area contributed by atoms with Crippen molar-refractivity contribution in [3.63, 3.8) is 0 Å². The summed E-state index contributed by atoms with van der Waals surface area (Å²) in [5.41, 5.74) is 5.09. The Morgan fingerprint density at radius 2 is 1.70 bits per heavy atom. The Morgan fingerprint density at radius 1 is 0.930 bits per heavy atom. The molecule has 43 heavy (non-hydrogen) atoms. The number of phenols is 2. The molecule has 0 fully saturated rings. The first-order chi connectivity index (χ1) is 20.8. The lowest BCUT2D eigenvalue weighted by atomic mass is 9.98. The molecule has 2 amide bonds. The molecule has 11 nitrogen and oxygen atoms in total. The molecule has 0 saturated carbocycles. The number of methoxy groups -OCH3 is 1. The number of aryl methyl sites for hydroxylation is 2. The molecule has 11 heteroatoms. The Hall–Kier alpha value is -5.19. The Bertz CT molecular complexity index is 1680. The summed E-state index contributed by atoms with van der Waals surface area (Å²) in [6.45, 7) is 3.88. The van der Waals surface area contributed by atoms with Gasteiger partial charge in [0, 0.05) is 17.7 Å². The largest absolute Gasteiger partial charge is 0.504 e. The minimum atomic E-state index is -0.673. The number of hydrogen-bond acceptors (Lipinski definition) is 8. The number of carbonyl (C=O) groups excluding carboxylic acids is 2. The van der Waals surface area contributed by atoms with E-state index < -0.39 is 11.9 Å². The third-order valence-electron chi connectivity index (χ3n) is 7.25. The third kappa shape index (κ3) is 6.50. The number of aliphatic imine (C=N–C) groups is 1. The van der Waals surface area contributed by atoms with E-state index in [1.165, 1.54) is 17.7 Å². The van der Waals surface area contributed by atoms with E-state index in [0.29, 0.717) is 28.7 Å². The van der Waals surface area contributed by atoms with Crippen LogP contribution in [-0.2, 0) is 22.6 Å². The smallest absolute Gasteiger partial charge is 0.239 e. The van der Waals surface area contributed by atoms with Crippen LogP contribution in [0.15, 0.2) is 65.7 Å². The molecule has 1 aliphatic heterocycles. The van der Waals surface area contributed by atoms with Gasteiger partial charge in [0.05, 0.1) is 31.5 Å². The number of aromatic hydroxyl groups is 2. The lowest BCUT2D eigenvalue weighted by Crippen LogP contribution is -2.37. The van der Waals surface area contributed by atoms with Crippen molar-refractivity contribution >= 4 is 17.5 Å². The number of amides is 2. The second-order valence-electron chi connectivity index (χ2n) is 10.3. The van der Waals surface area contributed by atoms with Crippen molar-refractivity contribution < 1.29 is 24.5 Å². The summed E-state index contributed by atoms with van der Waals surface area (Å²) in [7, 11) is 1.61. The van der Waals surface area contributed by atoms with Gasteiger partial charge in [-0.05, 0) is 54.8 Å². The number of nitrogens with zero attached hydrogens (tertiary/aromatic N) is 4. The Labute approximate surface area is 249 Å². The first kappa shape index (κ1) is 29.3. The molecule has 4 aromatic rings. The quantitative estimate of drug-likeness (QED) is 0.208. The van der Waals surface area contributed by atoms with Crippen molar-refractivity contribution in [3.8, 4) is 22.9 Å². The second kappa shape index (κ2) is 12.8. The van der Waals surface area contributed by atoms with Crippen molar-refractivity contribution in [1.29, 1.82) is 0 Å². The fourth-order valence-electron chi connectivity index (χ4n) is 5.06. The standard InChI is InChI=1S/C32H34N6O5/c1-4-5-20-6-9-22(10-7-20)31-24-15-23(43-3)11-12-26(24)38-19(2)36-37-32(38)25(35-31)16-29(41)34-18-30(42)33-17-21-8-13-27(39)28(40)14-21/h6-15,25,39-40H,4-5,16-18H2,1-3H3,(H,33,42)(H,34,41)/t25-/m0/s1. The molecule has 222 valence electrons. The van der Waals surface area contributed by atoms with Crippen molar-refractivity contribution in [3.05, 3.63) is 94.6 Å². The SMILES string of the molecule is CCCc1ccc(C2=N[C@@H](CC(=O)NCC(=O)NCc3ccc(O)c(O)c3)c3nnc(C)n3-c3ccc(OC)cc32)cc1. The fourth-order valence-corrected chi connectivity index (χ4v) is 5.06. The number of nitrogens with one attached hydrogen (secondary N) is 2. The zero-order chi connectivity index (χ0) is 30.5. The molecule has 1 atom stereocenters. The maximum Gasteiger partial charge on any atom is 0.239 e. The van der Waals surface area contributed by atoms with Crippen LogP contribution in [0, 0.1) is 6.92 Å². The van der Waals surface area contributed by atoms with Gasteiger partial charge >= 0.3 is 0 Å². The molecule has 0 aliphatic carbocycles. The van der Waals surface area contributed by atoms with E-state index in [0.717, 1.165) is 29.7 Å². The molecule has 0 bridgehead atoms. The minimum absolute atomic E-state index is 0.0558. The van der Waals surface area contributed by atoms with Gasteiger partial charge in [-0.3, -0.25) is 19.1 Å². The summed E-state index contributed by atoms with van der Waals surface area (Å²) in [5.74, 6) is 0.550. The molecule has 0 spiro atoms. The van der Waals surface area contributed by atoms with Crippen molar-refractivity contribution in [2.24, 2.45) is 4.99 Å². The summed E-state index contributed by atoms with van der Waals surface area (Å²) in [5, 5.41) is 33.2. The molecule has 0 saturated heterocycles. The molecular formula is C32H34N6O5. The summed E-state index contributed by atoms with van der Waals surface area (Å²) >= 11 is 0. The normalized spacial score (nSPS) is 13.7. The lowest BCUT2D eigenvalue weighted by molar-refractivity contribution is -0.126. The highest BCUT2D eigenvalue weighted by molar-refractivity contribution is 6.15. The molecule has 3 aromatic carbocycles. The Morgan fingerprint density at radius 3 is 2.42 bits per heavy atom. The fraction of sp³-hybridized carbons (Fsp3) is 0.281. The van der Waals surface area contributed by atoms with E-state index in [1.54, 1.807) is 13.2 Å².